The van der Waals surface area contributed by atoms with Crippen LogP contribution in [0.4, 0.5) is 0 Å². The Labute approximate surface area is 322 Å². The third-order valence-corrected chi connectivity index (χ3v) is 12.0. The number of nitrogens with two attached hydrogens (primary N) is 2. The number of rotatable bonds is 10. The summed E-state index contributed by atoms with van der Waals surface area (Å²) in [4.78, 5) is 103. The van der Waals surface area contributed by atoms with Crippen molar-refractivity contribution in [2.75, 3.05) is 26.2 Å². The second-order valence-corrected chi connectivity index (χ2v) is 16.1. The van der Waals surface area contributed by atoms with Gasteiger partial charge in [-0.25, -0.2) is 0 Å². The highest BCUT2D eigenvalue weighted by Crippen LogP contribution is 2.37. The van der Waals surface area contributed by atoms with Crippen LogP contribution in [0.1, 0.15) is 97.3 Å². The Hall–Kier alpha value is -4.48. The highest BCUT2D eigenvalue weighted by atomic mass is 16.4. The van der Waals surface area contributed by atoms with Gasteiger partial charge >= 0.3 is 5.97 Å². The number of aliphatic imine (C=N–C) groups is 1. The maximum absolute atomic E-state index is 14.3. The SMILES string of the molecule is CC(C)[C@@H]1NC(=O)[C@H](CC2CNC3CCCCC23)NC(=O)[C@H]2CCCN2C(=O)[C@H]2CCCN2C(=O)[C@H](CCC(=O)O)NC(=O)[C@H](CCCN=C(N)N)NC1=O. The molecule has 6 amide bonds. The number of nitrogens with zero attached hydrogens (tertiary/aromatic N) is 3. The third kappa shape index (κ3) is 10.4. The van der Waals surface area contributed by atoms with E-state index in [0.717, 1.165) is 25.7 Å². The normalized spacial score (nSPS) is 32.4. The fourth-order valence-electron chi connectivity index (χ4n) is 9.09. The molecule has 1 saturated carbocycles. The fourth-order valence-corrected chi connectivity index (χ4v) is 9.09. The van der Waals surface area contributed by atoms with Gasteiger partial charge in [0.15, 0.2) is 5.96 Å². The van der Waals surface area contributed by atoms with Crippen LogP contribution in [0.5, 0.6) is 0 Å². The van der Waals surface area contributed by atoms with Crippen LogP contribution >= 0.6 is 0 Å². The summed E-state index contributed by atoms with van der Waals surface area (Å²) in [5, 5.41) is 24.4. The Balaban J connectivity index is 1.49. The smallest absolute Gasteiger partial charge is 0.303 e. The zero-order valence-corrected chi connectivity index (χ0v) is 32.1. The molecular formula is C37H60N10O8. The first-order valence-electron chi connectivity index (χ1n) is 20.1. The number of carbonyl (C=O) groups excluding carboxylic acids is 6. The Morgan fingerprint density at radius 1 is 0.764 bits per heavy atom. The van der Waals surface area contributed by atoms with E-state index in [2.05, 4.69) is 31.6 Å². The molecule has 18 nitrogen and oxygen atoms in total. The lowest BCUT2D eigenvalue weighted by Gasteiger charge is -2.35. The monoisotopic (exact) mass is 772 g/mol. The predicted molar refractivity (Wildman–Crippen MR) is 201 cm³/mol. The molecule has 5 fully saturated rings. The molecule has 4 heterocycles. The van der Waals surface area contributed by atoms with Gasteiger partial charge in [-0.3, -0.25) is 38.6 Å². The van der Waals surface area contributed by atoms with Gasteiger partial charge in [0.1, 0.15) is 36.3 Å². The Kier molecular flexibility index (Phi) is 14.3. The van der Waals surface area contributed by atoms with E-state index < -0.39 is 90.0 Å². The van der Waals surface area contributed by atoms with E-state index in [1.807, 2.05) is 0 Å². The van der Waals surface area contributed by atoms with Crippen LogP contribution in [0.15, 0.2) is 4.99 Å². The first kappa shape index (κ1) is 41.7. The van der Waals surface area contributed by atoms with Gasteiger partial charge in [0, 0.05) is 32.1 Å². The maximum atomic E-state index is 14.3. The zero-order valence-electron chi connectivity index (χ0n) is 32.1. The second kappa shape index (κ2) is 18.9. The molecule has 5 aliphatic rings. The number of carboxylic acids is 1. The number of carbonyl (C=O) groups is 7. The molecule has 0 spiro atoms. The zero-order chi connectivity index (χ0) is 39.8. The average Bonchev–Trinajstić information content (AvgIpc) is 3.92. The summed E-state index contributed by atoms with van der Waals surface area (Å²) in [6, 6.07) is -6.08. The van der Waals surface area contributed by atoms with E-state index in [4.69, 9.17) is 11.5 Å². The van der Waals surface area contributed by atoms with Crippen molar-refractivity contribution in [3.8, 4) is 0 Å². The van der Waals surface area contributed by atoms with E-state index in [1.54, 1.807) is 13.8 Å². The van der Waals surface area contributed by atoms with Gasteiger partial charge < -0.3 is 53.0 Å². The van der Waals surface area contributed by atoms with Gasteiger partial charge in [-0.05, 0) is 88.5 Å². The van der Waals surface area contributed by atoms with Crippen molar-refractivity contribution in [2.24, 2.45) is 34.2 Å². The van der Waals surface area contributed by atoms with E-state index >= 15 is 0 Å². The molecule has 9 atom stereocenters. The van der Waals surface area contributed by atoms with Gasteiger partial charge in [0.2, 0.25) is 35.4 Å². The molecule has 10 N–H and O–H groups in total. The van der Waals surface area contributed by atoms with E-state index in [-0.39, 0.29) is 44.2 Å². The number of hydrogen-bond acceptors (Lipinski definition) is 9. The molecule has 55 heavy (non-hydrogen) atoms. The number of carboxylic acid groups (broad SMARTS) is 1. The molecule has 306 valence electrons. The lowest BCUT2D eigenvalue weighted by Crippen LogP contribution is -2.62. The van der Waals surface area contributed by atoms with Crippen molar-refractivity contribution in [1.82, 2.24) is 36.4 Å². The van der Waals surface area contributed by atoms with Crippen molar-refractivity contribution >= 4 is 47.4 Å². The lowest BCUT2D eigenvalue weighted by atomic mass is 9.77. The fraction of sp³-hybridized carbons (Fsp3) is 0.784. The van der Waals surface area contributed by atoms with Crippen molar-refractivity contribution < 1.29 is 38.7 Å². The summed E-state index contributed by atoms with van der Waals surface area (Å²) in [7, 11) is 0. The number of amides is 6. The maximum Gasteiger partial charge on any atom is 0.303 e. The topological polar surface area (TPSA) is 271 Å². The third-order valence-electron chi connectivity index (χ3n) is 12.0. The quantitative estimate of drug-likeness (QED) is 0.0732. The molecule has 4 aliphatic heterocycles. The summed E-state index contributed by atoms with van der Waals surface area (Å²) < 4.78 is 0. The number of aliphatic carboxylic acids is 1. The Morgan fingerprint density at radius 2 is 1.40 bits per heavy atom. The number of hydrogen-bond donors (Lipinski definition) is 8. The second-order valence-electron chi connectivity index (χ2n) is 16.1. The molecule has 4 saturated heterocycles. The van der Waals surface area contributed by atoms with Crippen LogP contribution < -0.4 is 38.1 Å². The first-order valence-corrected chi connectivity index (χ1v) is 20.1. The van der Waals surface area contributed by atoms with Crippen LogP contribution in [0.25, 0.3) is 0 Å². The highest BCUT2D eigenvalue weighted by Gasteiger charge is 2.46. The van der Waals surface area contributed by atoms with E-state index in [9.17, 15) is 38.7 Å². The molecule has 0 aromatic rings. The molecule has 0 radical (unpaired) electrons. The van der Waals surface area contributed by atoms with Crippen LogP contribution in [-0.2, 0) is 33.6 Å². The first-order chi connectivity index (χ1) is 26.2. The standard InChI is InChI=1S/C37H60N10O8/c1-20(2)30-34(53)42-24(10-5-15-40-37(38)39)31(50)43-25(13-14-29(48)49)35(54)47-17-7-12-28(47)36(55)46-16-6-11-27(46)33(52)44-26(32(51)45-30)18-21-19-41-23-9-4-3-8-22(21)23/h20-28,30,41H,3-19H2,1-2H3,(H,42,53)(H,43,50)(H,44,52)(H,45,51)(H,48,49)(H4,38,39,40)/t21?,22?,23?,24-,25-,26-,27+,28+,30-/m0/s1. The van der Waals surface area contributed by atoms with E-state index in [0.29, 0.717) is 57.2 Å². The van der Waals surface area contributed by atoms with Gasteiger partial charge in [0.25, 0.3) is 0 Å². The van der Waals surface area contributed by atoms with E-state index in [1.165, 1.54) is 9.80 Å². The summed E-state index contributed by atoms with van der Waals surface area (Å²) in [6.45, 7) is 4.84. The molecule has 3 unspecified atom stereocenters. The van der Waals surface area contributed by atoms with Gasteiger partial charge in [-0.15, -0.1) is 0 Å². The van der Waals surface area contributed by atoms with Crippen molar-refractivity contribution in [3.05, 3.63) is 0 Å². The number of nitrogens with one attached hydrogen (secondary N) is 5. The minimum absolute atomic E-state index is 0.0457. The summed E-state index contributed by atoms with van der Waals surface area (Å²) >= 11 is 0. The molecule has 0 bridgehead atoms. The molecule has 18 heteroatoms. The van der Waals surface area contributed by atoms with Crippen molar-refractivity contribution in [3.63, 3.8) is 0 Å². The molecule has 5 rings (SSSR count). The van der Waals surface area contributed by atoms with Crippen LogP contribution in [0.2, 0.25) is 0 Å². The molecule has 1 aliphatic carbocycles. The Morgan fingerprint density at radius 3 is 2.09 bits per heavy atom. The highest BCUT2D eigenvalue weighted by molar-refractivity contribution is 5.98. The molecular weight excluding hydrogens is 712 g/mol. The summed E-state index contributed by atoms with van der Waals surface area (Å²) in [6.07, 6.45) is 6.01. The van der Waals surface area contributed by atoms with Crippen LogP contribution in [0.3, 0.4) is 0 Å². The Bertz CT molecular complexity index is 1490. The molecule has 0 aromatic carbocycles. The van der Waals surface area contributed by atoms with Crippen molar-refractivity contribution in [1.29, 1.82) is 0 Å². The number of guanidine groups is 1. The average molecular weight is 773 g/mol. The molecule has 0 aromatic heterocycles. The van der Waals surface area contributed by atoms with Crippen LogP contribution in [-0.4, -0.2) is 131 Å². The van der Waals surface area contributed by atoms with Gasteiger partial charge in [0.05, 0.1) is 0 Å². The van der Waals surface area contributed by atoms with Gasteiger partial charge in [-0.2, -0.15) is 0 Å². The minimum Gasteiger partial charge on any atom is -0.481 e. The summed E-state index contributed by atoms with van der Waals surface area (Å²) in [5.41, 5.74) is 11.0. The largest absolute Gasteiger partial charge is 0.481 e. The lowest BCUT2D eigenvalue weighted by molar-refractivity contribution is -0.148. The van der Waals surface area contributed by atoms with Crippen molar-refractivity contribution in [2.45, 2.75) is 140 Å². The predicted octanol–water partition coefficient (Wildman–Crippen LogP) is -1.34. The van der Waals surface area contributed by atoms with Gasteiger partial charge in [-0.1, -0.05) is 26.7 Å². The van der Waals surface area contributed by atoms with Crippen LogP contribution in [0, 0.1) is 17.8 Å². The number of fused-ring (bicyclic) bond motifs is 3. The minimum atomic E-state index is -1.32. The summed E-state index contributed by atoms with van der Waals surface area (Å²) in [5.74, 6) is -4.70.